The molecule has 0 saturated heterocycles. The van der Waals surface area contributed by atoms with Crippen LogP contribution in [0.5, 0.6) is 0 Å². The van der Waals surface area contributed by atoms with Gasteiger partial charge in [-0.05, 0) is 32.6 Å². The summed E-state index contributed by atoms with van der Waals surface area (Å²) >= 11 is 0. The van der Waals surface area contributed by atoms with Crippen molar-refractivity contribution in [2.24, 2.45) is 5.92 Å². The largest absolute Gasteiger partial charge is 0.372 e. The molecule has 92 valence electrons. The van der Waals surface area contributed by atoms with E-state index in [2.05, 4.69) is 34.4 Å². The van der Waals surface area contributed by atoms with Crippen molar-refractivity contribution in [2.45, 2.75) is 32.2 Å². The number of amides is 1. The van der Waals surface area contributed by atoms with Crippen molar-refractivity contribution >= 4 is 11.7 Å². The number of rotatable bonds is 4. The lowest BCUT2D eigenvalue weighted by atomic mass is 9.98. The lowest BCUT2D eigenvalue weighted by Crippen LogP contribution is -2.45. The van der Waals surface area contributed by atoms with Crippen molar-refractivity contribution in [3.63, 3.8) is 0 Å². The van der Waals surface area contributed by atoms with Gasteiger partial charge in [0.15, 0.2) is 0 Å². The molecule has 1 aliphatic rings. The van der Waals surface area contributed by atoms with E-state index in [0.717, 1.165) is 0 Å². The Labute approximate surface area is 101 Å². The fraction of sp³-hybridized carbons (Fsp3) is 0.583. The van der Waals surface area contributed by atoms with Gasteiger partial charge in [-0.1, -0.05) is 0 Å². The molecule has 0 aromatic carbocycles. The van der Waals surface area contributed by atoms with E-state index in [1.165, 1.54) is 19.0 Å². The quantitative estimate of drug-likeness (QED) is 0.827. The van der Waals surface area contributed by atoms with E-state index in [1.807, 2.05) is 0 Å². The Morgan fingerprint density at radius 2 is 2.06 bits per heavy atom. The van der Waals surface area contributed by atoms with E-state index in [4.69, 9.17) is 0 Å². The molecule has 1 amide bonds. The summed E-state index contributed by atoms with van der Waals surface area (Å²) in [7, 11) is 1.76. The van der Waals surface area contributed by atoms with Crippen LogP contribution in [0, 0.1) is 5.92 Å². The minimum atomic E-state index is -0.156. The number of hydrogen-bond acceptors (Lipinski definition) is 4. The van der Waals surface area contributed by atoms with Crippen molar-refractivity contribution in [1.82, 2.24) is 15.3 Å². The van der Waals surface area contributed by atoms with Gasteiger partial charge >= 0.3 is 0 Å². The molecule has 2 rings (SSSR count). The molecule has 0 spiro atoms. The molecule has 0 atom stereocenters. The molecular formula is C12H18N4O. The van der Waals surface area contributed by atoms with E-state index in [9.17, 15) is 4.79 Å². The van der Waals surface area contributed by atoms with Gasteiger partial charge in [0.1, 0.15) is 11.5 Å². The molecular weight excluding hydrogens is 216 g/mol. The van der Waals surface area contributed by atoms with Gasteiger partial charge < -0.3 is 10.6 Å². The number of hydrogen-bond donors (Lipinski definition) is 2. The molecule has 1 fully saturated rings. The maximum absolute atomic E-state index is 12.0. The number of anilines is 1. The first-order valence-corrected chi connectivity index (χ1v) is 5.85. The van der Waals surface area contributed by atoms with Crippen molar-refractivity contribution in [3.05, 3.63) is 18.1 Å². The second kappa shape index (κ2) is 4.31. The molecule has 2 N–H and O–H groups in total. The van der Waals surface area contributed by atoms with Gasteiger partial charge in [-0.25, -0.2) is 9.97 Å². The SMILES string of the molecule is CNc1cnc(C(=O)NC(C)(C)C2CC2)cn1. The average molecular weight is 234 g/mol. The zero-order valence-electron chi connectivity index (χ0n) is 10.4. The first-order chi connectivity index (χ1) is 8.03. The number of nitrogens with one attached hydrogen (secondary N) is 2. The monoisotopic (exact) mass is 234 g/mol. The normalized spacial score (nSPS) is 15.5. The van der Waals surface area contributed by atoms with E-state index < -0.39 is 0 Å². The van der Waals surface area contributed by atoms with Crippen LogP contribution in [0.1, 0.15) is 37.2 Å². The number of carbonyl (C=O) groups is 1. The van der Waals surface area contributed by atoms with Gasteiger partial charge in [-0.3, -0.25) is 4.79 Å². The molecule has 0 bridgehead atoms. The number of aromatic nitrogens is 2. The Morgan fingerprint density at radius 1 is 1.35 bits per heavy atom. The highest BCUT2D eigenvalue weighted by molar-refractivity contribution is 5.92. The van der Waals surface area contributed by atoms with Gasteiger partial charge in [-0.15, -0.1) is 0 Å². The summed E-state index contributed by atoms with van der Waals surface area (Å²) in [6.45, 7) is 4.11. The summed E-state index contributed by atoms with van der Waals surface area (Å²) in [6.07, 6.45) is 5.43. The summed E-state index contributed by atoms with van der Waals surface area (Å²) < 4.78 is 0. The molecule has 0 unspecified atom stereocenters. The molecule has 1 heterocycles. The van der Waals surface area contributed by atoms with E-state index >= 15 is 0 Å². The molecule has 5 nitrogen and oxygen atoms in total. The fourth-order valence-electron chi connectivity index (χ4n) is 1.84. The van der Waals surface area contributed by atoms with Crippen LogP contribution >= 0.6 is 0 Å². The first-order valence-electron chi connectivity index (χ1n) is 5.85. The van der Waals surface area contributed by atoms with Crippen LogP contribution in [0.15, 0.2) is 12.4 Å². The topological polar surface area (TPSA) is 66.9 Å². The van der Waals surface area contributed by atoms with Crippen molar-refractivity contribution in [2.75, 3.05) is 12.4 Å². The van der Waals surface area contributed by atoms with Crippen LogP contribution in [0.3, 0.4) is 0 Å². The molecule has 1 saturated carbocycles. The highest BCUT2D eigenvalue weighted by Gasteiger charge is 2.39. The van der Waals surface area contributed by atoms with E-state index in [1.54, 1.807) is 13.2 Å². The Morgan fingerprint density at radius 3 is 2.53 bits per heavy atom. The summed E-state index contributed by atoms with van der Waals surface area (Å²) in [5, 5.41) is 5.87. The van der Waals surface area contributed by atoms with Gasteiger partial charge in [0, 0.05) is 12.6 Å². The minimum absolute atomic E-state index is 0.152. The van der Waals surface area contributed by atoms with Crippen LogP contribution in [0.25, 0.3) is 0 Å². The molecule has 1 aromatic heterocycles. The van der Waals surface area contributed by atoms with Crippen molar-refractivity contribution < 1.29 is 4.79 Å². The summed E-state index contributed by atoms with van der Waals surface area (Å²) in [4.78, 5) is 20.1. The van der Waals surface area contributed by atoms with Crippen LogP contribution in [0.4, 0.5) is 5.82 Å². The molecule has 1 aromatic rings. The molecule has 0 radical (unpaired) electrons. The Kier molecular flexibility index (Phi) is 3.00. The number of nitrogens with zero attached hydrogens (tertiary/aromatic N) is 2. The van der Waals surface area contributed by atoms with Crippen LogP contribution in [0.2, 0.25) is 0 Å². The lowest BCUT2D eigenvalue weighted by molar-refractivity contribution is 0.0898. The van der Waals surface area contributed by atoms with Crippen LogP contribution in [-0.4, -0.2) is 28.5 Å². The lowest BCUT2D eigenvalue weighted by Gasteiger charge is -2.25. The Hall–Kier alpha value is -1.65. The Bertz CT molecular complexity index is 409. The van der Waals surface area contributed by atoms with Gasteiger partial charge in [-0.2, -0.15) is 0 Å². The zero-order chi connectivity index (χ0) is 12.5. The predicted molar refractivity (Wildman–Crippen MR) is 65.8 cm³/mol. The standard InChI is InChI=1S/C12H18N4O/c1-12(2,8-4-5-8)16-11(17)9-6-15-10(13-3)7-14-9/h6-8H,4-5H2,1-3H3,(H,13,15)(H,16,17). The third-order valence-corrected chi connectivity index (χ3v) is 3.17. The summed E-state index contributed by atoms with van der Waals surface area (Å²) in [5.74, 6) is 1.09. The fourth-order valence-corrected chi connectivity index (χ4v) is 1.84. The number of carbonyl (C=O) groups excluding carboxylic acids is 1. The second-order valence-electron chi connectivity index (χ2n) is 4.99. The Balaban J connectivity index is 2.03. The van der Waals surface area contributed by atoms with Gasteiger partial charge in [0.2, 0.25) is 0 Å². The van der Waals surface area contributed by atoms with Crippen molar-refractivity contribution in [1.29, 1.82) is 0 Å². The van der Waals surface area contributed by atoms with Crippen molar-refractivity contribution in [3.8, 4) is 0 Å². The minimum Gasteiger partial charge on any atom is -0.372 e. The van der Waals surface area contributed by atoms with Gasteiger partial charge in [0.05, 0.1) is 12.4 Å². The third kappa shape index (κ3) is 2.72. The van der Waals surface area contributed by atoms with Crippen LogP contribution < -0.4 is 10.6 Å². The van der Waals surface area contributed by atoms with E-state index in [-0.39, 0.29) is 11.4 Å². The summed E-state index contributed by atoms with van der Waals surface area (Å²) in [6, 6.07) is 0. The third-order valence-electron chi connectivity index (χ3n) is 3.17. The highest BCUT2D eigenvalue weighted by Crippen LogP contribution is 2.39. The molecule has 5 heteroatoms. The molecule has 0 aliphatic heterocycles. The van der Waals surface area contributed by atoms with Crippen LogP contribution in [-0.2, 0) is 0 Å². The maximum atomic E-state index is 12.0. The summed E-state index contributed by atoms with van der Waals surface area (Å²) in [5.41, 5.74) is 0.207. The second-order valence-corrected chi connectivity index (χ2v) is 4.99. The maximum Gasteiger partial charge on any atom is 0.271 e. The smallest absolute Gasteiger partial charge is 0.271 e. The highest BCUT2D eigenvalue weighted by atomic mass is 16.2. The first kappa shape index (κ1) is 11.8. The molecule has 17 heavy (non-hydrogen) atoms. The molecule has 1 aliphatic carbocycles. The predicted octanol–water partition coefficient (Wildman–Crippen LogP) is 1.44. The van der Waals surface area contributed by atoms with Gasteiger partial charge in [0.25, 0.3) is 5.91 Å². The van der Waals surface area contributed by atoms with E-state index in [0.29, 0.717) is 17.4 Å². The average Bonchev–Trinajstić information content (AvgIpc) is 3.12. The zero-order valence-corrected chi connectivity index (χ0v) is 10.4.